The number of pyridine rings is 1. The van der Waals surface area contributed by atoms with Crippen molar-refractivity contribution in [2.75, 3.05) is 22.9 Å². The van der Waals surface area contributed by atoms with E-state index >= 15 is 0 Å². The molecule has 2 N–H and O–H groups in total. The number of aromatic amines is 1. The Bertz CT molecular complexity index is 1180. The normalized spacial score (nSPS) is 25.0. The summed E-state index contributed by atoms with van der Waals surface area (Å²) in [5.74, 6) is 1.33. The van der Waals surface area contributed by atoms with Crippen molar-refractivity contribution in [3.05, 3.63) is 76.3 Å². The molecule has 0 radical (unpaired) electrons. The molecule has 2 aliphatic rings. The minimum absolute atomic E-state index is 0.0377. The summed E-state index contributed by atoms with van der Waals surface area (Å²) >= 11 is 12.8. The monoisotopic (exact) mass is 493 g/mol. The first-order chi connectivity index (χ1) is 16.3. The fourth-order valence-corrected chi connectivity index (χ4v) is 6.40. The zero-order chi connectivity index (χ0) is 24.0. The smallest absolute Gasteiger partial charge is 0.174 e. The van der Waals surface area contributed by atoms with Gasteiger partial charge in [-0.15, -0.1) is 0 Å². The van der Waals surface area contributed by atoms with Crippen molar-refractivity contribution in [3.8, 4) is 0 Å². The Morgan fingerprint density at radius 1 is 1.06 bits per heavy atom. The third-order valence-corrected chi connectivity index (χ3v) is 7.64. The number of piperidine rings is 1. The van der Waals surface area contributed by atoms with Crippen LogP contribution < -0.4 is 15.1 Å². The molecular weight excluding hydrogens is 462 g/mol. The summed E-state index contributed by atoms with van der Waals surface area (Å²) in [6, 6.07) is 14.5. The fourth-order valence-electron chi connectivity index (χ4n) is 5.76. The predicted octanol–water partition coefficient (Wildman–Crippen LogP) is 6.34. The number of nitrogens with zero attached hydrogens (tertiary/aromatic N) is 3. The summed E-state index contributed by atoms with van der Waals surface area (Å²) in [6.07, 6.45) is 3.10. The number of H-pyrrole nitrogens is 1. The number of aryl methyl sites for hydroxylation is 2. The molecule has 0 aliphatic carbocycles. The van der Waals surface area contributed by atoms with E-state index in [0.29, 0.717) is 16.9 Å². The van der Waals surface area contributed by atoms with Crippen molar-refractivity contribution in [2.24, 2.45) is 11.8 Å². The number of nitrogens with one attached hydrogen (secondary N) is 2. The molecule has 7 heteroatoms. The summed E-state index contributed by atoms with van der Waals surface area (Å²) in [5.41, 5.74) is 6.54. The molecule has 3 aromatic rings. The van der Waals surface area contributed by atoms with Crippen LogP contribution in [0.3, 0.4) is 0 Å². The van der Waals surface area contributed by atoms with Crippen molar-refractivity contribution in [3.63, 3.8) is 0 Å². The Morgan fingerprint density at radius 2 is 1.82 bits per heavy atom. The molecule has 178 valence electrons. The van der Waals surface area contributed by atoms with E-state index in [-0.39, 0.29) is 12.1 Å². The second kappa shape index (κ2) is 9.23. The first kappa shape index (κ1) is 23.2. The number of benzene rings is 1. The van der Waals surface area contributed by atoms with Crippen LogP contribution in [-0.4, -0.2) is 28.2 Å². The van der Waals surface area contributed by atoms with Crippen LogP contribution in [0.5, 0.6) is 0 Å². The van der Waals surface area contributed by atoms with Crippen LogP contribution in [0.25, 0.3) is 0 Å². The van der Waals surface area contributed by atoms with Gasteiger partial charge in [0.25, 0.3) is 0 Å². The molecule has 5 rings (SSSR count). The van der Waals surface area contributed by atoms with Gasteiger partial charge < -0.3 is 20.1 Å². The van der Waals surface area contributed by atoms with E-state index in [9.17, 15) is 0 Å². The third kappa shape index (κ3) is 4.29. The largest absolute Gasteiger partial charge is 0.370 e. The minimum atomic E-state index is -0.0650. The van der Waals surface area contributed by atoms with E-state index in [1.807, 2.05) is 18.3 Å². The van der Waals surface area contributed by atoms with E-state index in [1.165, 1.54) is 12.0 Å². The third-order valence-electron chi connectivity index (χ3n) is 7.03. The topological polar surface area (TPSA) is 47.2 Å². The van der Waals surface area contributed by atoms with Gasteiger partial charge in [0, 0.05) is 36.4 Å². The molecule has 2 fully saturated rings. The molecule has 0 spiro atoms. The summed E-state index contributed by atoms with van der Waals surface area (Å²) in [4.78, 5) is 12.7. The number of rotatable bonds is 4. The van der Waals surface area contributed by atoms with Gasteiger partial charge in [-0.25, -0.2) is 0 Å². The SMILES string of the molecule is Cc1cc(C2C(c3ccccn3)NC(=S)N2c2ccc(N3CC(C)CC(C)C3)c(Cl)c2)c(C)[nH]1. The van der Waals surface area contributed by atoms with Gasteiger partial charge in [-0.2, -0.15) is 0 Å². The summed E-state index contributed by atoms with van der Waals surface area (Å²) in [5, 5.41) is 4.99. The maximum Gasteiger partial charge on any atom is 0.174 e. The van der Waals surface area contributed by atoms with Crippen molar-refractivity contribution >= 4 is 40.3 Å². The maximum absolute atomic E-state index is 6.92. The van der Waals surface area contributed by atoms with E-state index in [4.69, 9.17) is 23.8 Å². The summed E-state index contributed by atoms with van der Waals surface area (Å²) in [7, 11) is 0. The Balaban J connectivity index is 1.54. The number of hydrogen-bond acceptors (Lipinski definition) is 3. The molecular formula is C27H32ClN5S. The Kier molecular flexibility index (Phi) is 6.30. The van der Waals surface area contributed by atoms with Crippen LogP contribution in [0.15, 0.2) is 48.7 Å². The van der Waals surface area contributed by atoms with Gasteiger partial charge in [-0.05, 0) is 86.3 Å². The number of hydrogen-bond donors (Lipinski definition) is 2. The number of anilines is 2. The van der Waals surface area contributed by atoms with E-state index in [1.54, 1.807) is 0 Å². The molecule has 4 heterocycles. The molecule has 0 saturated carbocycles. The summed E-state index contributed by atoms with van der Waals surface area (Å²) < 4.78 is 0. The quantitative estimate of drug-likeness (QED) is 0.415. The van der Waals surface area contributed by atoms with Crippen molar-refractivity contribution in [1.29, 1.82) is 0 Å². The zero-order valence-corrected chi connectivity index (χ0v) is 21.7. The molecule has 4 unspecified atom stereocenters. The lowest BCUT2D eigenvalue weighted by molar-refractivity contribution is 0.357. The second-order valence-corrected chi connectivity index (χ2v) is 10.8. The Morgan fingerprint density at radius 3 is 2.44 bits per heavy atom. The molecule has 1 aromatic carbocycles. The molecule has 0 amide bonds. The van der Waals surface area contributed by atoms with Gasteiger partial charge in [0.05, 0.1) is 28.5 Å². The standard InChI is InChI=1S/C27H32ClN5S/c1-16-11-17(2)15-32(14-16)24-9-8-20(13-22(24)28)33-26(21-12-18(3)30-19(21)4)25(31-27(33)34)23-7-5-6-10-29-23/h5-10,12-13,16-17,25-26,30H,11,14-15H2,1-4H3,(H,31,34). The number of aromatic nitrogens is 2. The van der Waals surface area contributed by atoms with Crippen LogP contribution in [0.2, 0.25) is 5.02 Å². The lowest BCUT2D eigenvalue weighted by atomic mass is 9.91. The second-order valence-electron chi connectivity index (χ2n) is 10.0. The number of thiocarbonyl (C=S) groups is 1. The molecule has 2 aromatic heterocycles. The maximum atomic E-state index is 6.92. The van der Waals surface area contributed by atoms with Gasteiger partial charge in [0.15, 0.2) is 5.11 Å². The van der Waals surface area contributed by atoms with Crippen LogP contribution in [0.1, 0.15) is 55.0 Å². The lowest BCUT2D eigenvalue weighted by Crippen LogP contribution is -2.38. The first-order valence-corrected chi connectivity index (χ1v) is 12.8. The minimum Gasteiger partial charge on any atom is -0.370 e. The molecule has 4 atom stereocenters. The van der Waals surface area contributed by atoms with Crippen LogP contribution >= 0.6 is 23.8 Å². The van der Waals surface area contributed by atoms with Gasteiger partial charge in [-0.1, -0.05) is 31.5 Å². The van der Waals surface area contributed by atoms with Crippen molar-refractivity contribution in [1.82, 2.24) is 15.3 Å². The average molecular weight is 494 g/mol. The van der Waals surface area contributed by atoms with Crippen LogP contribution in [-0.2, 0) is 0 Å². The highest BCUT2D eigenvalue weighted by Crippen LogP contribution is 2.44. The van der Waals surface area contributed by atoms with E-state index in [2.05, 4.69) is 83.1 Å². The van der Waals surface area contributed by atoms with Gasteiger partial charge >= 0.3 is 0 Å². The molecule has 0 bridgehead atoms. The molecule has 5 nitrogen and oxygen atoms in total. The molecule has 2 saturated heterocycles. The van der Waals surface area contributed by atoms with Crippen LogP contribution in [0.4, 0.5) is 11.4 Å². The Hall–Kier alpha value is -2.57. The van der Waals surface area contributed by atoms with Gasteiger partial charge in [-0.3, -0.25) is 4.98 Å². The highest BCUT2D eigenvalue weighted by Gasteiger charge is 2.42. The van der Waals surface area contributed by atoms with E-state index in [0.717, 1.165) is 46.6 Å². The first-order valence-electron chi connectivity index (χ1n) is 12.0. The highest BCUT2D eigenvalue weighted by atomic mass is 35.5. The van der Waals surface area contributed by atoms with Gasteiger partial charge in [0.1, 0.15) is 0 Å². The van der Waals surface area contributed by atoms with Crippen molar-refractivity contribution < 1.29 is 0 Å². The molecule has 2 aliphatic heterocycles. The number of halogens is 1. The van der Waals surface area contributed by atoms with Crippen LogP contribution in [0, 0.1) is 25.7 Å². The van der Waals surface area contributed by atoms with Gasteiger partial charge in [0.2, 0.25) is 0 Å². The fraction of sp³-hybridized carbons (Fsp3) is 0.407. The summed E-state index contributed by atoms with van der Waals surface area (Å²) in [6.45, 7) is 10.9. The molecule has 34 heavy (non-hydrogen) atoms. The van der Waals surface area contributed by atoms with E-state index < -0.39 is 0 Å². The zero-order valence-electron chi connectivity index (χ0n) is 20.2. The predicted molar refractivity (Wildman–Crippen MR) is 145 cm³/mol. The lowest BCUT2D eigenvalue weighted by Gasteiger charge is -2.37. The Labute approximate surface area is 212 Å². The average Bonchev–Trinajstić information content (AvgIpc) is 3.31. The van der Waals surface area contributed by atoms with Crippen molar-refractivity contribution in [2.45, 2.75) is 46.2 Å². The highest BCUT2D eigenvalue weighted by molar-refractivity contribution is 7.80.